The van der Waals surface area contributed by atoms with Crippen LogP contribution in [-0.2, 0) is 13.5 Å². The predicted octanol–water partition coefficient (Wildman–Crippen LogP) is 1.73. The van der Waals surface area contributed by atoms with Gasteiger partial charge in [0.25, 0.3) is 0 Å². The number of aromatic nitrogens is 3. The molecule has 0 aliphatic rings. The van der Waals surface area contributed by atoms with Crippen LogP contribution < -0.4 is 4.74 Å². The zero-order chi connectivity index (χ0) is 14.0. The lowest BCUT2D eigenvalue weighted by Gasteiger charge is -1.97. The fourth-order valence-corrected chi connectivity index (χ4v) is 1.68. The first-order chi connectivity index (χ1) is 9.06. The highest BCUT2D eigenvalue weighted by molar-refractivity contribution is 5.88. The smallest absolute Gasteiger partial charge is 0.362 e. The van der Waals surface area contributed by atoms with Crippen molar-refractivity contribution in [2.45, 2.75) is 20.3 Å². The summed E-state index contributed by atoms with van der Waals surface area (Å²) in [4.78, 5) is 15.0. The molecule has 0 aliphatic heterocycles. The molecule has 0 atom stereocenters. The number of carboxylic acids is 1. The van der Waals surface area contributed by atoms with E-state index in [1.54, 1.807) is 18.7 Å². The zero-order valence-corrected chi connectivity index (χ0v) is 11.0. The van der Waals surface area contributed by atoms with E-state index in [1.807, 2.05) is 13.0 Å². The number of hydrogen-bond donors (Lipinski definition) is 1. The van der Waals surface area contributed by atoms with E-state index in [1.165, 1.54) is 0 Å². The quantitative estimate of drug-likeness (QED) is 0.885. The SMILES string of the molecule is CCOc1oc(-c2cc(CC)nn2C)nc1C(=O)O. The van der Waals surface area contributed by atoms with Crippen molar-refractivity contribution in [3.05, 3.63) is 17.5 Å². The van der Waals surface area contributed by atoms with E-state index in [2.05, 4.69) is 10.1 Å². The van der Waals surface area contributed by atoms with Gasteiger partial charge in [0.2, 0.25) is 11.6 Å². The van der Waals surface area contributed by atoms with E-state index in [0.717, 1.165) is 12.1 Å². The topological polar surface area (TPSA) is 90.4 Å². The van der Waals surface area contributed by atoms with Crippen LogP contribution in [0.2, 0.25) is 0 Å². The maximum Gasteiger partial charge on any atom is 0.362 e. The minimum Gasteiger partial charge on any atom is -0.476 e. The molecule has 0 amide bonds. The van der Waals surface area contributed by atoms with Crippen molar-refractivity contribution < 1.29 is 19.1 Å². The van der Waals surface area contributed by atoms with Crippen molar-refractivity contribution in [3.63, 3.8) is 0 Å². The van der Waals surface area contributed by atoms with Crippen LogP contribution in [0.25, 0.3) is 11.6 Å². The minimum absolute atomic E-state index is 0.0794. The molecule has 7 heteroatoms. The van der Waals surface area contributed by atoms with Gasteiger partial charge in [-0.05, 0) is 19.4 Å². The Morgan fingerprint density at radius 2 is 2.26 bits per heavy atom. The molecule has 2 rings (SSSR count). The van der Waals surface area contributed by atoms with Crippen LogP contribution in [0, 0.1) is 0 Å². The molecule has 2 aromatic heterocycles. The van der Waals surface area contributed by atoms with Crippen molar-refractivity contribution in [2.24, 2.45) is 7.05 Å². The van der Waals surface area contributed by atoms with E-state index in [4.69, 9.17) is 14.3 Å². The van der Waals surface area contributed by atoms with Gasteiger partial charge < -0.3 is 14.3 Å². The molecule has 7 nitrogen and oxygen atoms in total. The molecule has 0 aliphatic carbocycles. The van der Waals surface area contributed by atoms with Crippen LogP contribution in [0.1, 0.15) is 30.0 Å². The number of rotatable bonds is 5. The molecule has 0 saturated carbocycles. The van der Waals surface area contributed by atoms with Crippen molar-refractivity contribution >= 4 is 5.97 Å². The summed E-state index contributed by atoms with van der Waals surface area (Å²) >= 11 is 0. The van der Waals surface area contributed by atoms with Crippen LogP contribution in [0.5, 0.6) is 5.95 Å². The molecule has 0 unspecified atom stereocenters. The predicted molar refractivity (Wildman–Crippen MR) is 66.2 cm³/mol. The Morgan fingerprint density at radius 3 is 2.79 bits per heavy atom. The molecule has 102 valence electrons. The summed E-state index contributed by atoms with van der Waals surface area (Å²) in [5, 5.41) is 13.3. The van der Waals surface area contributed by atoms with Crippen molar-refractivity contribution in [2.75, 3.05) is 6.61 Å². The van der Waals surface area contributed by atoms with Gasteiger partial charge in [-0.2, -0.15) is 10.1 Å². The molecule has 0 fully saturated rings. The van der Waals surface area contributed by atoms with Gasteiger partial charge in [-0.15, -0.1) is 0 Å². The van der Waals surface area contributed by atoms with Gasteiger partial charge in [-0.1, -0.05) is 6.92 Å². The second-order valence-electron chi connectivity index (χ2n) is 3.89. The van der Waals surface area contributed by atoms with Gasteiger partial charge in [0.15, 0.2) is 0 Å². The Balaban J connectivity index is 2.47. The summed E-state index contributed by atoms with van der Waals surface area (Å²) in [7, 11) is 1.75. The molecule has 0 radical (unpaired) electrons. The van der Waals surface area contributed by atoms with Gasteiger partial charge in [0.05, 0.1) is 12.3 Å². The molecular formula is C12H15N3O4. The first kappa shape index (κ1) is 13.1. The summed E-state index contributed by atoms with van der Waals surface area (Å²) in [6, 6.07) is 1.81. The van der Waals surface area contributed by atoms with Crippen LogP contribution in [0.4, 0.5) is 0 Å². The maximum atomic E-state index is 11.1. The van der Waals surface area contributed by atoms with Crippen LogP contribution >= 0.6 is 0 Å². The third kappa shape index (κ3) is 2.44. The lowest BCUT2D eigenvalue weighted by Crippen LogP contribution is -2.01. The summed E-state index contributed by atoms with van der Waals surface area (Å²) in [5.74, 6) is -1.07. The molecule has 0 spiro atoms. The first-order valence-electron chi connectivity index (χ1n) is 5.97. The van der Waals surface area contributed by atoms with Crippen molar-refractivity contribution in [1.29, 1.82) is 0 Å². The number of oxazole rings is 1. The molecule has 2 aromatic rings. The molecule has 0 bridgehead atoms. The third-order valence-corrected chi connectivity index (χ3v) is 2.59. The molecule has 0 aromatic carbocycles. The highest BCUT2D eigenvalue weighted by atomic mass is 16.6. The number of ether oxygens (including phenoxy) is 1. The number of carboxylic acid groups (broad SMARTS) is 1. The first-order valence-corrected chi connectivity index (χ1v) is 5.97. The number of aryl methyl sites for hydroxylation is 2. The number of nitrogens with zero attached hydrogens (tertiary/aromatic N) is 3. The van der Waals surface area contributed by atoms with Crippen LogP contribution in [-0.4, -0.2) is 32.4 Å². The second-order valence-corrected chi connectivity index (χ2v) is 3.89. The van der Waals surface area contributed by atoms with E-state index in [0.29, 0.717) is 12.3 Å². The van der Waals surface area contributed by atoms with Gasteiger partial charge in [0, 0.05) is 7.05 Å². The monoisotopic (exact) mass is 265 g/mol. The molecule has 0 saturated heterocycles. The summed E-state index contributed by atoms with van der Waals surface area (Å²) in [6.45, 7) is 4.03. The highest BCUT2D eigenvalue weighted by Gasteiger charge is 2.23. The van der Waals surface area contributed by atoms with E-state index < -0.39 is 5.97 Å². The Bertz CT molecular complexity index is 600. The minimum atomic E-state index is -1.18. The highest BCUT2D eigenvalue weighted by Crippen LogP contribution is 2.27. The van der Waals surface area contributed by atoms with Gasteiger partial charge >= 0.3 is 11.9 Å². The number of hydrogen-bond acceptors (Lipinski definition) is 5. The van der Waals surface area contributed by atoms with Gasteiger partial charge in [-0.25, -0.2) is 4.79 Å². The van der Waals surface area contributed by atoms with E-state index in [9.17, 15) is 4.79 Å². The maximum absolute atomic E-state index is 11.1. The summed E-state index contributed by atoms with van der Waals surface area (Å²) < 4.78 is 12.1. The Morgan fingerprint density at radius 1 is 1.53 bits per heavy atom. The average Bonchev–Trinajstić information content (AvgIpc) is 2.93. The summed E-state index contributed by atoms with van der Waals surface area (Å²) in [5.41, 5.74) is 1.27. The van der Waals surface area contributed by atoms with Crippen molar-refractivity contribution in [1.82, 2.24) is 14.8 Å². The largest absolute Gasteiger partial charge is 0.476 e. The lowest BCUT2D eigenvalue weighted by molar-refractivity contribution is 0.0683. The van der Waals surface area contributed by atoms with Crippen LogP contribution in [0.3, 0.4) is 0 Å². The Hall–Kier alpha value is -2.31. The standard InChI is InChI=1S/C12H15N3O4/c1-4-7-6-8(15(3)14-7)10-13-9(11(16)17)12(19-10)18-5-2/h6H,4-5H2,1-3H3,(H,16,17). The fourth-order valence-electron chi connectivity index (χ4n) is 1.68. The van der Waals surface area contributed by atoms with Gasteiger partial charge in [-0.3, -0.25) is 4.68 Å². The van der Waals surface area contributed by atoms with Gasteiger partial charge in [0.1, 0.15) is 5.69 Å². The van der Waals surface area contributed by atoms with E-state index in [-0.39, 0.29) is 17.5 Å². The number of carbonyl (C=O) groups is 1. The molecule has 1 N–H and O–H groups in total. The zero-order valence-electron chi connectivity index (χ0n) is 11.0. The molecule has 19 heavy (non-hydrogen) atoms. The third-order valence-electron chi connectivity index (χ3n) is 2.59. The fraction of sp³-hybridized carbons (Fsp3) is 0.417. The van der Waals surface area contributed by atoms with Crippen LogP contribution in [0.15, 0.2) is 10.5 Å². The summed E-state index contributed by atoms with van der Waals surface area (Å²) in [6.07, 6.45) is 0.776. The van der Waals surface area contributed by atoms with Crippen molar-refractivity contribution in [3.8, 4) is 17.5 Å². The Kier molecular flexibility index (Phi) is 3.55. The average molecular weight is 265 g/mol. The normalized spacial score (nSPS) is 10.7. The second kappa shape index (κ2) is 5.13. The molecule has 2 heterocycles. The number of aromatic carboxylic acids is 1. The van der Waals surface area contributed by atoms with E-state index >= 15 is 0 Å². The molecular weight excluding hydrogens is 250 g/mol. The lowest BCUT2D eigenvalue weighted by atomic mass is 10.3. The Labute approximate surface area is 109 Å².